The summed E-state index contributed by atoms with van der Waals surface area (Å²) in [6, 6.07) is 6.01. The average molecular weight is 240 g/mol. The van der Waals surface area contributed by atoms with Crippen molar-refractivity contribution in [3.63, 3.8) is 0 Å². The largest absolute Gasteiger partial charge is 0.493 e. The van der Waals surface area contributed by atoms with Gasteiger partial charge in [-0.05, 0) is 12.1 Å². The van der Waals surface area contributed by atoms with Gasteiger partial charge in [-0.15, -0.1) is 0 Å². The number of ether oxygens (including phenoxy) is 2. The highest BCUT2D eigenvalue weighted by molar-refractivity contribution is 5.46. The van der Waals surface area contributed by atoms with Crippen molar-refractivity contribution in [1.82, 2.24) is 0 Å². The molecule has 3 N–H and O–H groups in total. The SMILES string of the molecule is COc1cccc(C[NH2+]CC[NH+](C)C)c1OC. The molecule has 0 aliphatic carbocycles. The fourth-order valence-electron chi connectivity index (χ4n) is 1.76. The first-order valence-electron chi connectivity index (χ1n) is 5.99. The van der Waals surface area contributed by atoms with Gasteiger partial charge in [-0.3, -0.25) is 0 Å². The van der Waals surface area contributed by atoms with Gasteiger partial charge in [0.1, 0.15) is 19.6 Å². The number of hydrogen-bond donors (Lipinski definition) is 2. The molecule has 4 heteroatoms. The number of para-hydroxylation sites is 1. The smallest absolute Gasteiger partial charge is 0.169 e. The van der Waals surface area contributed by atoms with Crippen LogP contribution in [0.15, 0.2) is 18.2 Å². The van der Waals surface area contributed by atoms with Gasteiger partial charge in [-0.1, -0.05) is 6.07 Å². The Hall–Kier alpha value is -1.26. The zero-order valence-corrected chi connectivity index (χ0v) is 11.2. The molecule has 0 aromatic heterocycles. The Morgan fingerprint density at radius 2 is 1.94 bits per heavy atom. The van der Waals surface area contributed by atoms with Crippen molar-refractivity contribution in [3.8, 4) is 11.5 Å². The second-order valence-electron chi connectivity index (χ2n) is 4.39. The predicted octanol–water partition coefficient (Wildman–Crippen LogP) is -1.09. The van der Waals surface area contributed by atoms with E-state index in [4.69, 9.17) is 9.47 Å². The molecule has 1 aromatic rings. The molecule has 0 amide bonds. The Labute approximate surface area is 104 Å². The van der Waals surface area contributed by atoms with Crippen molar-refractivity contribution in [2.75, 3.05) is 41.4 Å². The molecular weight excluding hydrogens is 216 g/mol. The predicted molar refractivity (Wildman–Crippen MR) is 67.7 cm³/mol. The van der Waals surface area contributed by atoms with Crippen LogP contribution in [0.25, 0.3) is 0 Å². The maximum atomic E-state index is 5.40. The summed E-state index contributed by atoms with van der Waals surface area (Å²) in [6.45, 7) is 3.20. The third kappa shape index (κ3) is 4.24. The minimum absolute atomic E-state index is 0.802. The first kappa shape index (κ1) is 13.8. The fraction of sp³-hybridized carbons (Fsp3) is 0.538. The Bertz CT molecular complexity index is 340. The lowest BCUT2D eigenvalue weighted by Gasteiger charge is -2.12. The van der Waals surface area contributed by atoms with Gasteiger partial charge >= 0.3 is 0 Å². The normalized spacial score (nSPS) is 10.6. The van der Waals surface area contributed by atoms with Crippen LogP contribution in [0, 0.1) is 0 Å². The van der Waals surface area contributed by atoms with Crippen molar-refractivity contribution in [1.29, 1.82) is 0 Å². The first-order chi connectivity index (χ1) is 8.19. The first-order valence-corrected chi connectivity index (χ1v) is 5.99. The zero-order valence-electron chi connectivity index (χ0n) is 11.2. The van der Waals surface area contributed by atoms with E-state index in [1.807, 2.05) is 12.1 Å². The Morgan fingerprint density at radius 1 is 1.18 bits per heavy atom. The molecular formula is C13H24N2O2+2. The van der Waals surface area contributed by atoms with Crippen LogP contribution in [-0.2, 0) is 6.54 Å². The number of rotatable bonds is 7. The molecule has 0 aliphatic heterocycles. The molecule has 0 bridgehead atoms. The fourth-order valence-corrected chi connectivity index (χ4v) is 1.76. The lowest BCUT2D eigenvalue weighted by Crippen LogP contribution is -3.09. The molecule has 0 radical (unpaired) electrons. The van der Waals surface area contributed by atoms with E-state index in [2.05, 4.69) is 25.5 Å². The van der Waals surface area contributed by atoms with Gasteiger partial charge in [0.15, 0.2) is 11.5 Å². The van der Waals surface area contributed by atoms with Crippen LogP contribution in [0.5, 0.6) is 11.5 Å². The number of methoxy groups -OCH3 is 2. The summed E-state index contributed by atoms with van der Waals surface area (Å²) in [5, 5.41) is 2.30. The van der Waals surface area contributed by atoms with E-state index >= 15 is 0 Å². The molecule has 17 heavy (non-hydrogen) atoms. The van der Waals surface area contributed by atoms with Crippen LogP contribution >= 0.6 is 0 Å². The third-order valence-corrected chi connectivity index (χ3v) is 2.70. The standard InChI is InChI=1S/C13H22N2O2/c1-15(2)9-8-14-10-11-6-5-7-12(16-3)13(11)17-4/h5-7,14H,8-10H2,1-4H3/p+2. The highest BCUT2D eigenvalue weighted by atomic mass is 16.5. The van der Waals surface area contributed by atoms with Crippen LogP contribution in [0.2, 0.25) is 0 Å². The van der Waals surface area contributed by atoms with E-state index in [9.17, 15) is 0 Å². The van der Waals surface area contributed by atoms with E-state index < -0.39 is 0 Å². The Kier molecular flexibility index (Phi) is 5.80. The van der Waals surface area contributed by atoms with Crippen LogP contribution in [0.4, 0.5) is 0 Å². The maximum absolute atomic E-state index is 5.40. The van der Waals surface area contributed by atoms with Gasteiger partial charge < -0.3 is 19.7 Å². The van der Waals surface area contributed by atoms with Gasteiger partial charge in [0.25, 0.3) is 0 Å². The third-order valence-electron chi connectivity index (χ3n) is 2.70. The molecule has 0 saturated heterocycles. The molecule has 0 atom stereocenters. The number of nitrogens with one attached hydrogen (secondary N) is 1. The summed E-state index contributed by atoms with van der Waals surface area (Å²) in [6.07, 6.45) is 0. The minimum Gasteiger partial charge on any atom is -0.493 e. The van der Waals surface area contributed by atoms with Gasteiger partial charge in [-0.2, -0.15) is 0 Å². The second-order valence-corrected chi connectivity index (χ2v) is 4.39. The van der Waals surface area contributed by atoms with Gasteiger partial charge in [0.05, 0.1) is 33.9 Å². The van der Waals surface area contributed by atoms with Crippen LogP contribution in [0.3, 0.4) is 0 Å². The molecule has 0 spiro atoms. The Balaban J connectivity index is 2.58. The maximum Gasteiger partial charge on any atom is 0.169 e. The van der Waals surface area contributed by atoms with E-state index in [0.29, 0.717) is 0 Å². The zero-order chi connectivity index (χ0) is 12.7. The van der Waals surface area contributed by atoms with Crippen molar-refractivity contribution < 1.29 is 19.7 Å². The summed E-state index contributed by atoms with van der Waals surface area (Å²) >= 11 is 0. The lowest BCUT2D eigenvalue weighted by molar-refractivity contribution is -0.875. The van der Waals surface area contributed by atoms with Gasteiger partial charge in [0.2, 0.25) is 0 Å². The summed E-state index contributed by atoms with van der Waals surface area (Å²) in [5.41, 5.74) is 1.18. The van der Waals surface area contributed by atoms with Crippen LogP contribution in [0.1, 0.15) is 5.56 Å². The second kappa shape index (κ2) is 7.14. The van der Waals surface area contributed by atoms with E-state index in [1.165, 1.54) is 10.5 Å². The van der Waals surface area contributed by atoms with E-state index in [1.54, 1.807) is 14.2 Å². The highest BCUT2D eigenvalue weighted by Crippen LogP contribution is 2.29. The molecule has 0 heterocycles. The molecule has 0 fully saturated rings. The molecule has 0 unspecified atom stereocenters. The van der Waals surface area contributed by atoms with Crippen molar-refractivity contribution in [2.24, 2.45) is 0 Å². The summed E-state index contributed by atoms with van der Waals surface area (Å²) in [5.74, 6) is 1.65. The quantitative estimate of drug-likeness (QED) is 0.595. The number of hydrogen-bond acceptors (Lipinski definition) is 2. The molecule has 0 saturated carbocycles. The van der Waals surface area contributed by atoms with E-state index in [0.717, 1.165) is 31.1 Å². The summed E-state index contributed by atoms with van der Waals surface area (Å²) in [7, 11) is 7.69. The van der Waals surface area contributed by atoms with Gasteiger partial charge in [-0.25, -0.2) is 0 Å². The Morgan fingerprint density at radius 3 is 2.53 bits per heavy atom. The topological polar surface area (TPSA) is 39.5 Å². The van der Waals surface area contributed by atoms with E-state index in [-0.39, 0.29) is 0 Å². The number of benzene rings is 1. The molecule has 1 aromatic carbocycles. The number of quaternary nitrogens is 2. The lowest BCUT2D eigenvalue weighted by atomic mass is 10.2. The summed E-state index contributed by atoms with van der Waals surface area (Å²) < 4.78 is 10.7. The van der Waals surface area contributed by atoms with Crippen LogP contribution in [-0.4, -0.2) is 41.4 Å². The summed E-state index contributed by atoms with van der Waals surface area (Å²) in [4.78, 5) is 1.47. The average Bonchev–Trinajstić information content (AvgIpc) is 2.33. The number of nitrogens with two attached hydrogens (primary N) is 1. The molecule has 96 valence electrons. The molecule has 4 nitrogen and oxygen atoms in total. The van der Waals surface area contributed by atoms with Crippen LogP contribution < -0.4 is 19.7 Å². The van der Waals surface area contributed by atoms with Crippen molar-refractivity contribution >= 4 is 0 Å². The highest BCUT2D eigenvalue weighted by Gasteiger charge is 2.10. The minimum atomic E-state index is 0.802. The van der Waals surface area contributed by atoms with Crippen molar-refractivity contribution in [2.45, 2.75) is 6.54 Å². The monoisotopic (exact) mass is 240 g/mol. The van der Waals surface area contributed by atoms with Crippen molar-refractivity contribution in [3.05, 3.63) is 23.8 Å². The molecule has 1 rings (SSSR count). The van der Waals surface area contributed by atoms with Gasteiger partial charge in [0, 0.05) is 0 Å². The molecule has 0 aliphatic rings. The number of likely N-dealkylation sites (N-methyl/N-ethyl adjacent to an activating group) is 1.